The fourth-order valence-corrected chi connectivity index (χ4v) is 3.18. The largest absolute Gasteiger partial charge is 0.342 e. The zero-order valence-electron chi connectivity index (χ0n) is 13.5. The van der Waals surface area contributed by atoms with Crippen LogP contribution in [0.3, 0.4) is 0 Å². The van der Waals surface area contributed by atoms with Crippen LogP contribution in [0.15, 0.2) is 48.5 Å². The number of hydrogen-bond donors (Lipinski definition) is 0. The van der Waals surface area contributed by atoms with Crippen LogP contribution >= 0.6 is 0 Å². The van der Waals surface area contributed by atoms with E-state index in [1.165, 1.54) is 12.5 Å². The van der Waals surface area contributed by atoms with Crippen LogP contribution in [0.5, 0.6) is 0 Å². The Balaban J connectivity index is 1.80. The van der Waals surface area contributed by atoms with Crippen molar-refractivity contribution in [3.63, 3.8) is 0 Å². The second kappa shape index (κ2) is 6.95. The molecule has 1 heterocycles. The Bertz CT molecular complexity index is 677. The highest BCUT2D eigenvalue weighted by molar-refractivity contribution is 5.83. The summed E-state index contributed by atoms with van der Waals surface area (Å²) in [4.78, 5) is 14.5. The maximum Gasteiger partial charge on any atom is 0.229 e. The molecule has 0 aliphatic carbocycles. The molecule has 1 saturated heterocycles. The van der Waals surface area contributed by atoms with Gasteiger partial charge in [-0.05, 0) is 43.4 Å². The normalized spacial score (nSPS) is 16.2. The van der Waals surface area contributed by atoms with E-state index in [0.717, 1.165) is 37.1 Å². The van der Waals surface area contributed by atoms with Gasteiger partial charge in [-0.25, -0.2) is 4.39 Å². The minimum atomic E-state index is -0.299. The number of halogens is 1. The Labute approximate surface area is 136 Å². The minimum absolute atomic E-state index is 0.108. The predicted octanol–water partition coefficient (Wildman–Crippen LogP) is 4.61. The van der Waals surface area contributed by atoms with E-state index >= 15 is 0 Å². The number of nitrogens with zero attached hydrogens (tertiary/aromatic N) is 1. The highest BCUT2D eigenvalue weighted by Crippen LogP contribution is 2.27. The maximum atomic E-state index is 14.5. The highest BCUT2D eigenvalue weighted by atomic mass is 19.1. The number of amides is 1. The summed E-state index contributed by atoms with van der Waals surface area (Å²) in [6.45, 7) is 3.52. The predicted molar refractivity (Wildman–Crippen MR) is 90.7 cm³/mol. The van der Waals surface area contributed by atoms with E-state index in [9.17, 15) is 9.18 Å². The molecule has 120 valence electrons. The van der Waals surface area contributed by atoms with E-state index in [-0.39, 0.29) is 17.6 Å². The van der Waals surface area contributed by atoms with Crippen molar-refractivity contribution in [3.05, 3.63) is 59.9 Å². The lowest BCUT2D eigenvalue weighted by Gasteiger charge is -2.29. The molecule has 0 saturated carbocycles. The third kappa shape index (κ3) is 3.44. The van der Waals surface area contributed by atoms with Crippen LogP contribution in [-0.2, 0) is 4.79 Å². The van der Waals surface area contributed by atoms with E-state index in [2.05, 4.69) is 0 Å². The second-order valence-corrected chi connectivity index (χ2v) is 6.21. The molecular weight excluding hydrogens is 289 g/mol. The standard InChI is InChI=1S/C20H22FNO/c1-15(20(23)22-12-6-3-7-13-22)17-10-11-18(19(21)14-17)16-8-4-2-5-9-16/h2,4-5,8-11,14-15H,3,6-7,12-13H2,1H3. The molecule has 23 heavy (non-hydrogen) atoms. The molecule has 2 aromatic carbocycles. The van der Waals surface area contributed by atoms with Gasteiger partial charge in [0.1, 0.15) is 5.82 Å². The quantitative estimate of drug-likeness (QED) is 0.810. The van der Waals surface area contributed by atoms with Gasteiger partial charge in [-0.3, -0.25) is 4.79 Å². The van der Waals surface area contributed by atoms with Crippen LogP contribution in [0.2, 0.25) is 0 Å². The van der Waals surface area contributed by atoms with Gasteiger partial charge in [-0.2, -0.15) is 0 Å². The average Bonchev–Trinajstić information content (AvgIpc) is 2.62. The van der Waals surface area contributed by atoms with Crippen molar-refractivity contribution in [1.82, 2.24) is 4.90 Å². The summed E-state index contributed by atoms with van der Waals surface area (Å²) in [5.74, 6) is -0.462. The molecule has 0 aromatic heterocycles. The van der Waals surface area contributed by atoms with E-state index in [4.69, 9.17) is 0 Å². The van der Waals surface area contributed by atoms with Gasteiger partial charge in [0.2, 0.25) is 5.91 Å². The molecule has 0 spiro atoms. The van der Waals surface area contributed by atoms with Crippen LogP contribution in [0.1, 0.15) is 37.7 Å². The number of rotatable bonds is 3. The molecule has 1 aliphatic rings. The SMILES string of the molecule is CC(C(=O)N1CCCCC1)c1ccc(-c2ccccc2)c(F)c1. The summed E-state index contributed by atoms with van der Waals surface area (Å²) >= 11 is 0. The molecule has 1 amide bonds. The van der Waals surface area contributed by atoms with Gasteiger partial charge in [0.25, 0.3) is 0 Å². The van der Waals surface area contributed by atoms with Crippen molar-refractivity contribution >= 4 is 5.91 Å². The molecule has 0 radical (unpaired) electrons. The molecule has 1 aliphatic heterocycles. The lowest BCUT2D eigenvalue weighted by molar-refractivity contribution is -0.133. The summed E-state index contributed by atoms with van der Waals surface area (Å²) in [6, 6.07) is 14.6. The van der Waals surface area contributed by atoms with Gasteiger partial charge < -0.3 is 4.90 Å². The maximum absolute atomic E-state index is 14.5. The van der Waals surface area contributed by atoms with Crippen molar-refractivity contribution in [2.45, 2.75) is 32.1 Å². The van der Waals surface area contributed by atoms with Crippen LogP contribution in [0.4, 0.5) is 4.39 Å². The number of benzene rings is 2. The molecule has 2 aromatic rings. The van der Waals surface area contributed by atoms with Gasteiger partial charge >= 0.3 is 0 Å². The van der Waals surface area contributed by atoms with Crippen molar-refractivity contribution in [2.75, 3.05) is 13.1 Å². The van der Waals surface area contributed by atoms with E-state index in [0.29, 0.717) is 5.56 Å². The fraction of sp³-hybridized carbons (Fsp3) is 0.350. The van der Waals surface area contributed by atoms with Crippen molar-refractivity contribution in [1.29, 1.82) is 0 Å². The van der Waals surface area contributed by atoms with Crippen molar-refractivity contribution in [3.8, 4) is 11.1 Å². The van der Waals surface area contributed by atoms with Gasteiger partial charge in [-0.15, -0.1) is 0 Å². The topological polar surface area (TPSA) is 20.3 Å². The van der Waals surface area contributed by atoms with Crippen molar-refractivity contribution < 1.29 is 9.18 Å². The summed E-state index contributed by atoms with van der Waals surface area (Å²) in [5, 5.41) is 0. The molecule has 3 rings (SSSR count). The number of piperidine rings is 1. The first-order valence-corrected chi connectivity index (χ1v) is 8.30. The molecule has 0 bridgehead atoms. The average molecular weight is 311 g/mol. The van der Waals surface area contributed by atoms with Crippen LogP contribution < -0.4 is 0 Å². The lowest BCUT2D eigenvalue weighted by atomic mass is 9.95. The van der Waals surface area contributed by atoms with Crippen molar-refractivity contribution in [2.24, 2.45) is 0 Å². The van der Waals surface area contributed by atoms with Crippen LogP contribution in [0, 0.1) is 5.82 Å². The molecule has 1 atom stereocenters. The fourth-order valence-electron chi connectivity index (χ4n) is 3.18. The smallest absolute Gasteiger partial charge is 0.229 e. The van der Waals surface area contributed by atoms with Crippen LogP contribution in [0.25, 0.3) is 11.1 Å². The third-order valence-electron chi connectivity index (χ3n) is 4.62. The third-order valence-corrected chi connectivity index (χ3v) is 4.62. The van der Waals surface area contributed by atoms with E-state index in [1.807, 2.05) is 48.2 Å². The Kier molecular flexibility index (Phi) is 4.75. The zero-order valence-corrected chi connectivity index (χ0v) is 13.5. The van der Waals surface area contributed by atoms with Gasteiger partial charge in [0, 0.05) is 18.7 Å². The molecule has 3 heteroatoms. The Hall–Kier alpha value is -2.16. The molecular formula is C20H22FNO. The summed E-state index contributed by atoms with van der Waals surface area (Å²) in [7, 11) is 0. The summed E-state index contributed by atoms with van der Waals surface area (Å²) < 4.78 is 14.5. The van der Waals surface area contributed by atoms with E-state index < -0.39 is 0 Å². The number of hydrogen-bond acceptors (Lipinski definition) is 1. The Morgan fingerprint density at radius 2 is 1.74 bits per heavy atom. The minimum Gasteiger partial charge on any atom is -0.342 e. The number of likely N-dealkylation sites (tertiary alicyclic amines) is 1. The monoisotopic (exact) mass is 311 g/mol. The number of carbonyl (C=O) groups excluding carboxylic acids is 1. The first-order valence-electron chi connectivity index (χ1n) is 8.30. The Morgan fingerprint density at radius 1 is 1.04 bits per heavy atom. The van der Waals surface area contributed by atoms with Crippen LogP contribution in [-0.4, -0.2) is 23.9 Å². The summed E-state index contributed by atoms with van der Waals surface area (Å²) in [5.41, 5.74) is 2.18. The second-order valence-electron chi connectivity index (χ2n) is 6.21. The number of carbonyl (C=O) groups is 1. The zero-order chi connectivity index (χ0) is 16.2. The van der Waals surface area contributed by atoms with E-state index in [1.54, 1.807) is 6.07 Å². The molecule has 2 nitrogen and oxygen atoms in total. The van der Waals surface area contributed by atoms with Gasteiger partial charge in [0.15, 0.2) is 0 Å². The lowest BCUT2D eigenvalue weighted by Crippen LogP contribution is -2.38. The first-order chi connectivity index (χ1) is 11.2. The summed E-state index contributed by atoms with van der Waals surface area (Å²) in [6.07, 6.45) is 3.33. The van der Waals surface area contributed by atoms with Gasteiger partial charge in [-0.1, -0.05) is 42.5 Å². The van der Waals surface area contributed by atoms with Gasteiger partial charge in [0.05, 0.1) is 5.92 Å². The first kappa shape index (κ1) is 15.7. The molecule has 1 fully saturated rings. The molecule has 1 unspecified atom stereocenters. The molecule has 0 N–H and O–H groups in total. The highest BCUT2D eigenvalue weighted by Gasteiger charge is 2.24. The Morgan fingerprint density at radius 3 is 2.39 bits per heavy atom.